The monoisotopic (exact) mass is 350 g/mol. The van der Waals surface area contributed by atoms with Gasteiger partial charge in [-0.3, -0.25) is 14.9 Å². The van der Waals surface area contributed by atoms with Crippen LogP contribution in [0.15, 0.2) is 23.6 Å². The van der Waals surface area contributed by atoms with Gasteiger partial charge < -0.3 is 14.6 Å². The lowest BCUT2D eigenvalue weighted by atomic mass is 10.2. The number of ether oxygens (including phenoxy) is 2. The molecule has 1 amide bonds. The van der Waals surface area contributed by atoms with Crippen molar-refractivity contribution in [2.24, 2.45) is 0 Å². The van der Waals surface area contributed by atoms with Crippen LogP contribution >= 0.6 is 11.3 Å². The van der Waals surface area contributed by atoms with Gasteiger partial charge in [0.2, 0.25) is 0 Å². The summed E-state index contributed by atoms with van der Waals surface area (Å²) < 4.78 is 10.9. The number of thiazole rings is 1. The van der Waals surface area contributed by atoms with Crippen LogP contribution in [-0.4, -0.2) is 35.2 Å². The first-order valence-electron chi connectivity index (χ1n) is 7.40. The van der Waals surface area contributed by atoms with E-state index in [2.05, 4.69) is 10.3 Å². The smallest absolute Gasteiger partial charge is 0.309 e. The summed E-state index contributed by atoms with van der Waals surface area (Å²) in [6, 6.07) is 4.96. The summed E-state index contributed by atoms with van der Waals surface area (Å²) in [5.74, 6) is -0.253. The Hall–Kier alpha value is -2.61. The number of nitrogens with zero attached hydrogens (tertiary/aromatic N) is 1. The maximum absolute atomic E-state index is 12.4. The number of amides is 1. The molecule has 0 saturated heterocycles. The number of anilines is 1. The third-order valence-electron chi connectivity index (χ3n) is 2.87. The molecule has 1 aromatic heterocycles. The van der Waals surface area contributed by atoms with Crippen LogP contribution in [0.5, 0.6) is 11.5 Å². The van der Waals surface area contributed by atoms with Crippen LogP contribution in [0.25, 0.3) is 0 Å². The molecule has 2 rings (SSSR count). The summed E-state index contributed by atoms with van der Waals surface area (Å²) in [4.78, 5) is 27.1. The van der Waals surface area contributed by atoms with Crippen LogP contribution in [0.1, 0.15) is 29.9 Å². The Bertz CT molecular complexity index is 705. The number of hydrogen-bond donors (Lipinski definition) is 2. The standard InChI is InChI=1S/C16H18N2O5S/c1-3-22-12-5-10(6-13(8-12)23-4-2)15(21)18-16-17-11(9-24-16)7-14(19)20/h5-6,8-9H,3-4,7H2,1-2H3,(H,19,20)(H,17,18,21). The molecule has 8 heteroatoms. The van der Waals surface area contributed by atoms with E-state index in [1.165, 1.54) is 11.3 Å². The summed E-state index contributed by atoms with van der Waals surface area (Å²) in [5, 5.41) is 13.3. The van der Waals surface area contributed by atoms with Crippen molar-refractivity contribution in [2.75, 3.05) is 18.5 Å². The van der Waals surface area contributed by atoms with E-state index in [4.69, 9.17) is 14.6 Å². The predicted molar refractivity (Wildman–Crippen MR) is 90.2 cm³/mol. The fourth-order valence-electron chi connectivity index (χ4n) is 1.97. The fourth-order valence-corrected chi connectivity index (χ4v) is 2.68. The number of nitrogens with one attached hydrogen (secondary N) is 1. The number of carboxylic acids is 1. The van der Waals surface area contributed by atoms with Crippen molar-refractivity contribution in [3.63, 3.8) is 0 Å². The highest BCUT2D eigenvalue weighted by molar-refractivity contribution is 7.14. The molecule has 0 aliphatic rings. The van der Waals surface area contributed by atoms with Crippen LogP contribution in [0.2, 0.25) is 0 Å². The molecule has 0 unspecified atom stereocenters. The number of aromatic nitrogens is 1. The van der Waals surface area contributed by atoms with Crippen molar-refractivity contribution >= 4 is 28.3 Å². The average molecular weight is 350 g/mol. The van der Waals surface area contributed by atoms with Gasteiger partial charge in [0, 0.05) is 17.0 Å². The van der Waals surface area contributed by atoms with Crippen molar-refractivity contribution in [3.05, 3.63) is 34.8 Å². The molecule has 0 atom stereocenters. The maximum atomic E-state index is 12.4. The van der Waals surface area contributed by atoms with E-state index in [1.807, 2.05) is 13.8 Å². The molecular formula is C16H18N2O5S. The van der Waals surface area contributed by atoms with Gasteiger partial charge in [-0.2, -0.15) is 0 Å². The number of carbonyl (C=O) groups excluding carboxylic acids is 1. The molecule has 7 nitrogen and oxygen atoms in total. The number of benzene rings is 1. The molecule has 128 valence electrons. The van der Waals surface area contributed by atoms with Crippen molar-refractivity contribution in [2.45, 2.75) is 20.3 Å². The first-order chi connectivity index (χ1) is 11.5. The number of carboxylic acid groups (broad SMARTS) is 1. The van der Waals surface area contributed by atoms with Crippen molar-refractivity contribution in [3.8, 4) is 11.5 Å². The lowest BCUT2D eigenvalue weighted by Gasteiger charge is -2.10. The Morgan fingerprint density at radius 1 is 1.17 bits per heavy atom. The fraction of sp³-hybridized carbons (Fsp3) is 0.312. The Labute approximate surface area is 143 Å². The number of hydrogen-bond acceptors (Lipinski definition) is 6. The molecule has 0 aliphatic carbocycles. The average Bonchev–Trinajstić information content (AvgIpc) is 2.94. The Morgan fingerprint density at radius 3 is 2.33 bits per heavy atom. The summed E-state index contributed by atoms with van der Waals surface area (Å²) in [6.07, 6.45) is -0.180. The second-order valence-electron chi connectivity index (χ2n) is 4.73. The molecule has 0 bridgehead atoms. The second kappa shape index (κ2) is 8.30. The summed E-state index contributed by atoms with van der Waals surface area (Å²) in [6.45, 7) is 4.66. The molecule has 0 fully saturated rings. The summed E-state index contributed by atoms with van der Waals surface area (Å²) in [5.41, 5.74) is 0.778. The zero-order chi connectivity index (χ0) is 17.5. The van der Waals surface area contributed by atoms with E-state index in [-0.39, 0.29) is 12.3 Å². The van der Waals surface area contributed by atoms with E-state index in [0.717, 1.165) is 0 Å². The molecule has 0 saturated carbocycles. The molecule has 24 heavy (non-hydrogen) atoms. The highest BCUT2D eigenvalue weighted by atomic mass is 32.1. The lowest BCUT2D eigenvalue weighted by molar-refractivity contribution is -0.136. The van der Waals surface area contributed by atoms with E-state index in [9.17, 15) is 9.59 Å². The third-order valence-corrected chi connectivity index (χ3v) is 3.68. The Balaban J connectivity index is 2.15. The lowest BCUT2D eigenvalue weighted by Crippen LogP contribution is -2.12. The topological polar surface area (TPSA) is 97.8 Å². The highest BCUT2D eigenvalue weighted by Gasteiger charge is 2.13. The minimum absolute atomic E-state index is 0.180. The van der Waals surface area contributed by atoms with Gasteiger partial charge >= 0.3 is 5.97 Å². The first kappa shape index (κ1) is 17.7. The van der Waals surface area contributed by atoms with Gasteiger partial charge in [0.15, 0.2) is 5.13 Å². The van der Waals surface area contributed by atoms with E-state index in [1.54, 1.807) is 23.6 Å². The van der Waals surface area contributed by atoms with Crippen LogP contribution in [0, 0.1) is 0 Å². The molecule has 0 spiro atoms. The molecular weight excluding hydrogens is 332 g/mol. The molecule has 1 aromatic carbocycles. The zero-order valence-electron chi connectivity index (χ0n) is 13.4. The molecule has 2 N–H and O–H groups in total. The predicted octanol–water partition coefficient (Wildman–Crippen LogP) is 2.82. The minimum atomic E-state index is -0.969. The van der Waals surface area contributed by atoms with Crippen molar-refractivity contribution < 1.29 is 24.2 Å². The van der Waals surface area contributed by atoms with Gasteiger partial charge in [-0.25, -0.2) is 4.98 Å². The Morgan fingerprint density at radius 2 is 1.79 bits per heavy atom. The SMILES string of the molecule is CCOc1cc(OCC)cc(C(=O)Nc2nc(CC(=O)O)cs2)c1. The molecule has 1 heterocycles. The van der Waals surface area contributed by atoms with Crippen molar-refractivity contribution in [1.29, 1.82) is 0 Å². The maximum Gasteiger partial charge on any atom is 0.309 e. The largest absolute Gasteiger partial charge is 0.494 e. The summed E-state index contributed by atoms with van der Waals surface area (Å²) in [7, 11) is 0. The van der Waals surface area contributed by atoms with Gasteiger partial charge in [-0.15, -0.1) is 11.3 Å². The number of aliphatic carboxylic acids is 1. The van der Waals surface area contributed by atoms with E-state index in [0.29, 0.717) is 41.1 Å². The highest BCUT2D eigenvalue weighted by Crippen LogP contribution is 2.24. The van der Waals surface area contributed by atoms with Gasteiger partial charge in [0.1, 0.15) is 11.5 Å². The number of carbonyl (C=O) groups is 2. The Kier molecular flexibility index (Phi) is 6.14. The van der Waals surface area contributed by atoms with Crippen LogP contribution in [0.4, 0.5) is 5.13 Å². The normalized spacial score (nSPS) is 10.2. The van der Waals surface area contributed by atoms with Gasteiger partial charge in [0.25, 0.3) is 5.91 Å². The van der Waals surface area contributed by atoms with Crippen LogP contribution in [-0.2, 0) is 11.2 Å². The zero-order valence-corrected chi connectivity index (χ0v) is 14.2. The van der Waals surface area contributed by atoms with E-state index < -0.39 is 5.97 Å². The first-order valence-corrected chi connectivity index (χ1v) is 8.28. The van der Waals surface area contributed by atoms with E-state index >= 15 is 0 Å². The minimum Gasteiger partial charge on any atom is -0.494 e. The van der Waals surface area contributed by atoms with Gasteiger partial charge in [-0.1, -0.05) is 0 Å². The van der Waals surface area contributed by atoms with Crippen LogP contribution < -0.4 is 14.8 Å². The molecule has 2 aromatic rings. The quantitative estimate of drug-likeness (QED) is 0.760. The van der Waals surface area contributed by atoms with Gasteiger partial charge in [-0.05, 0) is 26.0 Å². The third kappa shape index (κ3) is 4.95. The molecule has 0 radical (unpaired) electrons. The number of rotatable bonds is 8. The van der Waals surface area contributed by atoms with Crippen LogP contribution in [0.3, 0.4) is 0 Å². The van der Waals surface area contributed by atoms with Gasteiger partial charge in [0.05, 0.1) is 25.3 Å². The van der Waals surface area contributed by atoms with Crippen molar-refractivity contribution in [1.82, 2.24) is 4.98 Å². The summed E-state index contributed by atoms with van der Waals surface area (Å²) >= 11 is 1.17. The molecule has 0 aliphatic heterocycles. The second-order valence-corrected chi connectivity index (χ2v) is 5.59.